The summed E-state index contributed by atoms with van der Waals surface area (Å²) in [6, 6.07) is 9.85. The van der Waals surface area contributed by atoms with Gasteiger partial charge < -0.3 is 9.52 Å². The molecule has 1 aliphatic rings. The first kappa shape index (κ1) is 17.3. The molecule has 1 aromatic carbocycles. The van der Waals surface area contributed by atoms with E-state index in [1.54, 1.807) is 48.0 Å². The first-order valence-corrected chi connectivity index (χ1v) is 9.39. The predicted octanol–water partition coefficient (Wildman–Crippen LogP) is 4.16. The zero-order valence-electron chi connectivity index (χ0n) is 13.6. The molecule has 9 heteroatoms. The number of carboxylic acids is 1. The average Bonchev–Trinajstić information content (AvgIpc) is 3.37. The van der Waals surface area contributed by atoms with Crippen LogP contribution in [0.5, 0.6) is 0 Å². The van der Waals surface area contributed by atoms with Crippen molar-refractivity contribution >= 4 is 51.4 Å². The number of amides is 1. The van der Waals surface area contributed by atoms with Crippen LogP contribution in [0.1, 0.15) is 16.1 Å². The Kier molecular flexibility index (Phi) is 4.38. The zero-order chi connectivity index (χ0) is 19.0. The van der Waals surface area contributed by atoms with Gasteiger partial charge in [0.25, 0.3) is 5.91 Å². The molecule has 7 nitrogen and oxygen atoms in total. The van der Waals surface area contributed by atoms with Crippen molar-refractivity contribution in [2.45, 2.75) is 0 Å². The number of thiazole rings is 1. The van der Waals surface area contributed by atoms with Gasteiger partial charge in [-0.2, -0.15) is 0 Å². The number of amidine groups is 1. The number of benzene rings is 1. The molecular formula is C18H11N3O4S2. The minimum Gasteiger partial charge on any atom is -0.478 e. The minimum atomic E-state index is -1.05. The summed E-state index contributed by atoms with van der Waals surface area (Å²) in [5.74, 6) is -0.600. The number of nitrogens with one attached hydrogen (secondary N) is 1. The van der Waals surface area contributed by atoms with Crippen molar-refractivity contribution < 1.29 is 19.1 Å². The van der Waals surface area contributed by atoms with Crippen LogP contribution in [0.2, 0.25) is 0 Å². The summed E-state index contributed by atoms with van der Waals surface area (Å²) in [6.07, 6.45) is 3.12. The molecule has 27 heavy (non-hydrogen) atoms. The largest absolute Gasteiger partial charge is 0.478 e. The predicted molar refractivity (Wildman–Crippen MR) is 104 cm³/mol. The van der Waals surface area contributed by atoms with Crippen molar-refractivity contribution in [2.24, 2.45) is 0 Å². The standard InChI is InChI=1S/C18H11N3O4S2/c19-17-21(18-20-7-8-26-18)15(22)14(27-17)9-10-5-6-13(25-10)11-3-1-2-4-12(11)16(23)24/h1-9,19H,(H,23,24)/b14-9-,19-17?. The van der Waals surface area contributed by atoms with Crippen LogP contribution in [0.15, 0.2) is 57.3 Å². The Morgan fingerprint density at radius 3 is 2.81 bits per heavy atom. The van der Waals surface area contributed by atoms with Gasteiger partial charge in [0.15, 0.2) is 10.3 Å². The highest BCUT2D eigenvalue weighted by molar-refractivity contribution is 8.19. The van der Waals surface area contributed by atoms with Gasteiger partial charge in [-0.3, -0.25) is 10.2 Å². The number of carbonyl (C=O) groups is 2. The van der Waals surface area contributed by atoms with Crippen molar-refractivity contribution in [2.75, 3.05) is 4.90 Å². The van der Waals surface area contributed by atoms with E-state index in [4.69, 9.17) is 9.83 Å². The summed E-state index contributed by atoms with van der Waals surface area (Å²) in [7, 11) is 0. The minimum absolute atomic E-state index is 0.0733. The summed E-state index contributed by atoms with van der Waals surface area (Å²) < 4.78 is 5.72. The summed E-state index contributed by atoms with van der Waals surface area (Å²) in [5, 5.41) is 19.6. The number of anilines is 1. The second kappa shape index (κ2) is 6.86. The number of nitrogens with zero attached hydrogens (tertiary/aromatic N) is 2. The number of aromatic carboxylic acids is 1. The lowest BCUT2D eigenvalue weighted by Gasteiger charge is -2.08. The summed E-state index contributed by atoms with van der Waals surface area (Å²) in [6.45, 7) is 0. The van der Waals surface area contributed by atoms with Gasteiger partial charge in [0.1, 0.15) is 11.5 Å². The van der Waals surface area contributed by atoms with Gasteiger partial charge in [-0.25, -0.2) is 14.7 Å². The molecule has 0 spiro atoms. The quantitative estimate of drug-likeness (QED) is 0.640. The molecule has 1 amide bonds. The molecule has 1 saturated heterocycles. The lowest BCUT2D eigenvalue weighted by molar-refractivity contribution is -0.113. The molecule has 3 heterocycles. The third kappa shape index (κ3) is 3.18. The molecular weight excluding hydrogens is 386 g/mol. The fraction of sp³-hybridized carbons (Fsp3) is 0. The molecule has 2 aromatic heterocycles. The Morgan fingerprint density at radius 1 is 1.26 bits per heavy atom. The van der Waals surface area contributed by atoms with Gasteiger partial charge in [-0.15, -0.1) is 11.3 Å². The Morgan fingerprint density at radius 2 is 2.07 bits per heavy atom. The lowest BCUT2D eigenvalue weighted by atomic mass is 10.1. The van der Waals surface area contributed by atoms with Crippen LogP contribution in [-0.4, -0.2) is 27.1 Å². The van der Waals surface area contributed by atoms with Crippen LogP contribution in [0, 0.1) is 5.41 Å². The first-order chi connectivity index (χ1) is 13.0. The van der Waals surface area contributed by atoms with E-state index in [0.29, 0.717) is 27.1 Å². The van der Waals surface area contributed by atoms with E-state index in [1.165, 1.54) is 22.3 Å². The SMILES string of the molecule is N=C1S/C(=C\c2ccc(-c3ccccc3C(=O)O)o2)C(=O)N1c1nccs1. The molecule has 0 unspecified atom stereocenters. The highest BCUT2D eigenvalue weighted by atomic mass is 32.2. The Balaban J connectivity index is 1.64. The summed E-state index contributed by atoms with van der Waals surface area (Å²) in [5.41, 5.74) is 0.589. The number of thioether (sulfide) groups is 1. The zero-order valence-corrected chi connectivity index (χ0v) is 15.2. The van der Waals surface area contributed by atoms with Crippen molar-refractivity contribution in [1.82, 2.24) is 4.98 Å². The second-order valence-electron chi connectivity index (χ2n) is 5.42. The van der Waals surface area contributed by atoms with Crippen molar-refractivity contribution in [1.29, 1.82) is 5.41 Å². The van der Waals surface area contributed by atoms with Crippen LogP contribution in [0.3, 0.4) is 0 Å². The number of carboxylic acid groups (broad SMARTS) is 1. The molecule has 3 aromatic rings. The van der Waals surface area contributed by atoms with Crippen molar-refractivity contribution in [3.05, 3.63) is 64.2 Å². The number of furan rings is 1. The molecule has 1 fully saturated rings. The topological polar surface area (TPSA) is 107 Å². The van der Waals surface area contributed by atoms with Gasteiger partial charge in [-0.1, -0.05) is 18.2 Å². The van der Waals surface area contributed by atoms with Gasteiger partial charge >= 0.3 is 5.97 Å². The first-order valence-electron chi connectivity index (χ1n) is 7.69. The molecule has 4 rings (SSSR count). The second-order valence-corrected chi connectivity index (χ2v) is 7.33. The lowest BCUT2D eigenvalue weighted by Crippen LogP contribution is -2.27. The van der Waals surface area contributed by atoms with E-state index in [-0.39, 0.29) is 16.6 Å². The maximum atomic E-state index is 12.6. The Bertz CT molecular complexity index is 1090. The number of carbonyl (C=O) groups excluding carboxylic acids is 1. The van der Waals surface area contributed by atoms with E-state index in [2.05, 4.69) is 4.98 Å². The average molecular weight is 397 g/mol. The van der Waals surface area contributed by atoms with Gasteiger partial charge in [-0.05, 0) is 30.0 Å². The van der Waals surface area contributed by atoms with E-state index >= 15 is 0 Å². The molecule has 0 bridgehead atoms. The normalized spacial score (nSPS) is 15.7. The van der Waals surface area contributed by atoms with E-state index in [0.717, 1.165) is 11.8 Å². The number of aromatic nitrogens is 1. The van der Waals surface area contributed by atoms with E-state index < -0.39 is 5.97 Å². The highest BCUT2D eigenvalue weighted by Crippen LogP contribution is 2.36. The van der Waals surface area contributed by atoms with Gasteiger partial charge in [0.2, 0.25) is 0 Å². The molecule has 134 valence electrons. The van der Waals surface area contributed by atoms with E-state index in [1.807, 2.05) is 0 Å². The van der Waals surface area contributed by atoms with Gasteiger partial charge in [0.05, 0.1) is 10.5 Å². The summed E-state index contributed by atoms with van der Waals surface area (Å²) >= 11 is 2.30. The van der Waals surface area contributed by atoms with Gasteiger partial charge in [0, 0.05) is 23.2 Å². The number of hydrogen-bond donors (Lipinski definition) is 2. The molecule has 0 radical (unpaired) electrons. The van der Waals surface area contributed by atoms with E-state index in [9.17, 15) is 14.7 Å². The molecule has 0 atom stereocenters. The fourth-order valence-electron chi connectivity index (χ4n) is 2.58. The molecule has 0 aliphatic carbocycles. The maximum absolute atomic E-state index is 12.6. The third-order valence-corrected chi connectivity index (χ3v) is 5.40. The van der Waals surface area contributed by atoms with Crippen LogP contribution < -0.4 is 4.90 Å². The highest BCUT2D eigenvalue weighted by Gasteiger charge is 2.35. The van der Waals surface area contributed by atoms with Crippen LogP contribution in [-0.2, 0) is 4.79 Å². The Hall–Kier alpha value is -3.17. The maximum Gasteiger partial charge on any atom is 0.336 e. The monoisotopic (exact) mass is 397 g/mol. The Labute approximate surface area is 161 Å². The fourth-order valence-corrected chi connectivity index (χ4v) is 4.10. The third-order valence-electron chi connectivity index (χ3n) is 3.76. The van der Waals surface area contributed by atoms with Crippen molar-refractivity contribution in [3.63, 3.8) is 0 Å². The molecule has 1 aliphatic heterocycles. The van der Waals surface area contributed by atoms with Crippen LogP contribution >= 0.6 is 23.1 Å². The molecule has 0 saturated carbocycles. The van der Waals surface area contributed by atoms with Crippen LogP contribution in [0.4, 0.5) is 5.13 Å². The summed E-state index contributed by atoms with van der Waals surface area (Å²) in [4.78, 5) is 29.6. The van der Waals surface area contributed by atoms with Crippen LogP contribution in [0.25, 0.3) is 17.4 Å². The number of hydrogen-bond acceptors (Lipinski definition) is 7. The number of rotatable bonds is 4. The molecule has 2 N–H and O–H groups in total. The smallest absolute Gasteiger partial charge is 0.336 e. The van der Waals surface area contributed by atoms with Crippen molar-refractivity contribution in [3.8, 4) is 11.3 Å².